The van der Waals surface area contributed by atoms with Gasteiger partial charge in [0.15, 0.2) is 0 Å². The zero-order valence-corrected chi connectivity index (χ0v) is 2.80. The van der Waals surface area contributed by atoms with Crippen LogP contribution in [0.15, 0.2) is 0 Å². The molecule has 0 radical (unpaired) electrons. The van der Waals surface area contributed by atoms with Crippen LogP contribution in [0.4, 0.5) is 0 Å². The maximum absolute atomic E-state index is 8.74. The van der Waals surface area contributed by atoms with Crippen LogP contribution in [0.1, 0.15) is 0 Å². The van der Waals surface area contributed by atoms with Gasteiger partial charge in [0.05, 0.1) is 0 Å². The van der Waals surface area contributed by atoms with Crippen LogP contribution in [0.25, 0.3) is 0 Å². The Bertz CT molecular complexity index is 40.0. The van der Waals surface area contributed by atoms with E-state index in [0.29, 0.717) is 0 Å². The molecule has 0 amide bonds. The standard InChI is InChI=1S/3Ca.2Na.H2O3Si.8H/c;;;;;1-4(2)3;;;;;;;;/h;;;;;1-2H;;;;;;;;. The van der Waals surface area contributed by atoms with Gasteiger partial charge in [0.2, 0.25) is 0 Å². The summed E-state index contributed by atoms with van der Waals surface area (Å²) in [4.78, 5) is 14.3. The van der Waals surface area contributed by atoms with Crippen molar-refractivity contribution in [3.8, 4) is 0 Å². The first-order valence-corrected chi connectivity index (χ1v) is 1.95. The molecule has 0 saturated heterocycles. The molecule has 0 aliphatic carbocycles. The second-order valence-corrected chi connectivity index (χ2v) is 0.848. The average Bonchev–Trinajstić information content (AvgIpc) is 0.811. The summed E-state index contributed by atoms with van der Waals surface area (Å²) in [5.74, 6) is 0. The molecule has 0 rings (SSSR count). The van der Waals surface area contributed by atoms with Crippen molar-refractivity contribution in [1.82, 2.24) is 0 Å². The van der Waals surface area contributed by atoms with Gasteiger partial charge >= 0.3 is 181 Å². The van der Waals surface area contributed by atoms with Crippen molar-refractivity contribution in [3.63, 3.8) is 0 Å². The first kappa shape index (κ1) is 36.6. The Balaban J connectivity index is -0.00000000450. The molecule has 0 saturated carbocycles. The van der Waals surface area contributed by atoms with Gasteiger partial charge in [-0.1, -0.05) is 0 Å². The molecule has 0 aromatic heterocycles. The summed E-state index contributed by atoms with van der Waals surface area (Å²) in [6.07, 6.45) is 0. The number of rotatable bonds is 0. The van der Waals surface area contributed by atoms with E-state index in [1.54, 1.807) is 0 Å². The Morgan fingerprint density at radius 3 is 0.889 bits per heavy atom. The SMILES string of the molecule is O=[Si](O)O.[CaH2].[CaH2].[CaH2].[NaH].[NaH]. The molecule has 0 fully saturated rings. The molecule has 0 aliphatic heterocycles. The van der Waals surface area contributed by atoms with Crippen molar-refractivity contribution in [3.05, 3.63) is 0 Å². The summed E-state index contributed by atoms with van der Waals surface area (Å²) in [6.45, 7) is 0. The molecule has 9 heteroatoms. The van der Waals surface area contributed by atoms with Crippen LogP contribution in [0.2, 0.25) is 0 Å². The summed E-state index contributed by atoms with van der Waals surface area (Å²) >= 11 is 0. The van der Waals surface area contributed by atoms with Crippen LogP contribution in [0, 0.1) is 0 Å². The van der Waals surface area contributed by atoms with Gasteiger partial charge in [0.25, 0.3) is 0 Å². The summed E-state index contributed by atoms with van der Waals surface area (Å²) in [6, 6.07) is 0. The molecule has 0 aromatic carbocycles. The first-order valence-electron chi connectivity index (χ1n) is 0.651. The third-order valence-electron chi connectivity index (χ3n) is 0. The van der Waals surface area contributed by atoms with E-state index in [4.69, 9.17) is 14.1 Å². The molecular weight excluding hydrogens is 242 g/mol. The molecule has 3 nitrogen and oxygen atoms in total. The van der Waals surface area contributed by atoms with Crippen LogP contribution in [-0.2, 0) is 4.46 Å². The van der Waals surface area contributed by atoms with Crippen molar-refractivity contribution in [1.29, 1.82) is 0 Å². The summed E-state index contributed by atoms with van der Waals surface area (Å²) < 4.78 is 8.74. The summed E-state index contributed by atoms with van der Waals surface area (Å²) in [5.41, 5.74) is 0. The fraction of sp³-hybridized carbons (Fsp3) is 0. The van der Waals surface area contributed by atoms with Crippen LogP contribution >= 0.6 is 0 Å². The second-order valence-electron chi connectivity index (χ2n) is 0.283. The molecule has 40 valence electrons. The third kappa shape index (κ3) is 59.7. The van der Waals surface area contributed by atoms with Crippen molar-refractivity contribution in [2.45, 2.75) is 0 Å². The fourth-order valence-corrected chi connectivity index (χ4v) is 0. The maximum atomic E-state index is 8.74. The van der Waals surface area contributed by atoms with Gasteiger partial charge in [0.1, 0.15) is 0 Å². The minimum absolute atomic E-state index is 0. The van der Waals surface area contributed by atoms with Crippen molar-refractivity contribution >= 4 is 181 Å². The molecule has 0 unspecified atom stereocenters. The normalized spacial score (nSPS) is 2.67. The topological polar surface area (TPSA) is 57.5 Å². The van der Waals surface area contributed by atoms with E-state index in [1.807, 2.05) is 0 Å². The Kier molecular flexibility index (Phi) is 119. The second kappa shape index (κ2) is 29.2. The first-order chi connectivity index (χ1) is 1.73. The van der Waals surface area contributed by atoms with E-state index in [2.05, 4.69) is 0 Å². The van der Waals surface area contributed by atoms with Crippen LogP contribution in [-0.4, -0.2) is 191 Å². The zero-order chi connectivity index (χ0) is 3.58. The number of hydrogen-bond acceptors (Lipinski definition) is 1. The van der Waals surface area contributed by atoms with Gasteiger partial charge < -0.3 is 9.59 Å². The Morgan fingerprint density at radius 2 is 0.889 bits per heavy atom. The van der Waals surface area contributed by atoms with Gasteiger partial charge in [-0.25, -0.2) is 0 Å². The van der Waals surface area contributed by atoms with E-state index in [0.717, 1.165) is 0 Å². The Morgan fingerprint density at radius 1 is 0.889 bits per heavy atom. The molecule has 0 bridgehead atoms. The molecule has 0 atom stereocenters. The van der Waals surface area contributed by atoms with Crippen molar-refractivity contribution in [2.24, 2.45) is 0 Å². The molecule has 2 N–H and O–H groups in total. The van der Waals surface area contributed by atoms with E-state index >= 15 is 0 Å². The fourth-order valence-electron chi connectivity index (χ4n) is 0. The molecular formula is H10Ca3Na2O3Si. The van der Waals surface area contributed by atoms with Gasteiger partial charge in [-0.15, -0.1) is 0 Å². The Labute approximate surface area is 190 Å². The van der Waals surface area contributed by atoms with E-state index < -0.39 is 9.17 Å². The average molecular weight is 252 g/mol. The van der Waals surface area contributed by atoms with Crippen molar-refractivity contribution < 1.29 is 14.1 Å². The quantitative estimate of drug-likeness (QED) is 0.423. The van der Waals surface area contributed by atoms with E-state index in [9.17, 15) is 0 Å². The van der Waals surface area contributed by atoms with Crippen LogP contribution in [0.3, 0.4) is 0 Å². The third-order valence-corrected chi connectivity index (χ3v) is 0. The van der Waals surface area contributed by atoms with Gasteiger partial charge in [-0.3, -0.25) is 4.46 Å². The summed E-state index contributed by atoms with van der Waals surface area (Å²) in [5, 5.41) is 0. The van der Waals surface area contributed by atoms with Crippen molar-refractivity contribution in [2.75, 3.05) is 0 Å². The number of hydrogen-bond donors (Lipinski definition) is 2. The molecule has 0 aliphatic rings. The molecule has 0 aromatic rings. The van der Waals surface area contributed by atoms with E-state index in [1.165, 1.54) is 0 Å². The van der Waals surface area contributed by atoms with Gasteiger partial charge in [-0.2, -0.15) is 0 Å². The van der Waals surface area contributed by atoms with Gasteiger partial charge in [-0.05, 0) is 0 Å². The van der Waals surface area contributed by atoms with Crippen LogP contribution in [0.5, 0.6) is 0 Å². The molecule has 0 spiro atoms. The Hall–Kier alpha value is 5.40. The monoisotopic (exact) mass is 252 g/mol. The molecule has 0 heterocycles. The summed E-state index contributed by atoms with van der Waals surface area (Å²) in [7, 11) is -3.13. The van der Waals surface area contributed by atoms with Crippen LogP contribution < -0.4 is 0 Å². The van der Waals surface area contributed by atoms with E-state index in [-0.39, 0.29) is 172 Å². The minimum atomic E-state index is -3.13. The molecule has 9 heavy (non-hydrogen) atoms. The van der Waals surface area contributed by atoms with Gasteiger partial charge in [0, 0.05) is 0 Å². The predicted molar refractivity (Wildman–Crippen MR) is 50.8 cm³/mol. The zero-order valence-electron chi connectivity index (χ0n) is 1.80. The predicted octanol–water partition coefficient (Wildman–Crippen LogP) is -5.66.